The molecule has 104 valence electrons. The number of thiazole rings is 1. The lowest BCUT2D eigenvalue weighted by Gasteiger charge is -2.10. The number of nitrogens with two attached hydrogens (primary N) is 1. The minimum absolute atomic E-state index is 0.195. The van der Waals surface area contributed by atoms with Crippen LogP contribution in [0, 0.1) is 0 Å². The van der Waals surface area contributed by atoms with E-state index in [2.05, 4.69) is 10.3 Å². The molecule has 1 aromatic heterocycles. The highest BCUT2D eigenvalue weighted by molar-refractivity contribution is 7.13. The summed E-state index contributed by atoms with van der Waals surface area (Å²) in [7, 11) is 0. The number of carbonyl (C=O) groups excluding carboxylic acids is 1. The number of benzene rings is 1. The second-order valence-corrected chi connectivity index (χ2v) is 4.59. The minimum Gasteiger partial charge on any atom is -0.480 e. The number of carboxylic acid groups (broad SMARTS) is 1. The Morgan fingerprint density at radius 1 is 1.40 bits per heavy atom. The van der Waals surface area contributed by atoms with E-state index in [0.29, 0.717) is 10.8 Å². The molecule has 0 aliphatic carbocycles. The largest absolute Gasteiger partial charge is 0.480 e. The maximum absolute atomic E-state index is 11.9. The van der Waals surface area contributed by atoms with Gasteiger partial charge in [-0.25, -0.2) is 9.78 Å². The Balaban J connectivity index is 2.12. The highest BCUT2D eigenvalue weighted by Crippen LogP contribution is 2.24. The van der Waals surface area contributed by atoms with E-state index in [-0.39, 0.29) is 11.4 Å². The number of anilines is 2. The van der Waals surface area contributed by atoms with Crippen LogP contribution >= 0.6 is 11.3 Å². The van der Waals surface area contributed by atoms with Crippen LogP contribution in [0.2, 0.25) is 0 Å². The second-order valence-electron chi connectivity index (χ2n) is 3.70. The molecule has 0 saturated heterocycles. The van der Waals surface area contributed by atoms with E-state index in [9.17, 15) is 9.59 Å². The van der Waals surface area contributed by atoms with Gasteiger partial charge in [-0.1, -0.05) is 12.1 Å². The molecule has 0 aliphatic rings. The third kappa shape index (κ3) is 3.45. The third-order valence-corrected chi connectivity index (χ3v) is 2.91. The number of hydrogen-bond donors (Lipinski definition) is 3. The second kappa shape index (κ2) is 6.02. The van der Waals surface area contributed by atoms with Crippen molar-refractivity contribution in [1.82, 2.24) is 4.98 Å². The fourth-order valence-electron chi connectivity index (χ4n) is 1.41. The number of hydrogen-bond acceptors (Lipinski definition) is 6. The van der Waals surface area contributed by atoms with E-state index in [0.717, 1.165) is 11.3 Å². The zero-order valence-electron chi connectivity index (χ0n) is 10.2. The van der Waals surface area contributed by atoms with Gasteiger partial charge < -0.3 is 20.9 Å². The molecular weight excluding hydrogens is 282 g/mol. The molecule has 1 heterocycles. The molecule has 4 N–H and O–H groups in total. The molecule has 1 amide bonds. The summed E-state index contributed by atoms with van der Waals surface area (Å²) in [4.78, 5) is 26.3. The van der Waals surface area contributed by atoms with Crippen LogP contribution in [-0.4, -0.2) is 28.6 Å². The van der Waals surface area contributed by atoms with Crippen LogP contribution in [0.15, 0.2) is 29.6 Å². The highest BCUT2D eigenvalue weighted by Gasteiger charge is 2.13. The molecule has 1 aromatic carbocycles. The van der Waals surface area contributed by atoms with Crippen LogP contribution in [0.4, 0.5) is 10.8 Å². The Kier molecular flexibility index (Phi) is 4.16. The number of para-hydroxylation sites is 2. The molecule has 0 bridgehead atoms. The molecule has 2 rings (SSSR count). The zero-order chi connectivity index (χ0) is 14.5. The Bertz CT molecular complexity index is 641. The lowest BCUT2D eigenvalue weighted by atomic mass is 10.3. The van der Waals surface area contributed by atoms with Gasteiger partial charge in [0.25, 0.3) is 5.91 Å². The van der Waals surface area contributed by atoms with Crippen molar-refractivity contribution in [3.63, 3.8) is 0 Å². The molecule has 0 atom stereocenters. The number of aliphatic carboxylic acids is 1. The van der Waals surface area contributed by atoms with Crippen LogP contribution in [0.3, 0.4) is 0 Å². The van der Waals surface area contributed by atoms with E-state index in [1.54, 1.807) is 24.3 Å². The number of carbonyl (C=O) groups is 2. The van der Waals surface area contributed by atoms with Crippen LogP contribution in [0.5, 0.6) is 5.75 Å². The fraction of sp³-hybridized carbons (Fsp3) is 0.0833. The predicted octanol–water partition coefficient (Wildman–Crippen LogP) is 1.44. The lowest BCUT2D eigenvalue weighted by molar-refractivity contribution is -0.139. The summed E-state index contributed by atoms with van der Waals surface area (Å²) in [6, 6.07) is 6.53. The van der Waals surface area contributed by atoms with Crippen molar-refractivity contribution in [3.8, 4) is 5.75 Å². The number of carboxylic acids is 1. The summed E-state index contributed by atoms with van der Waals surface area (Å²) in [6.07, 6.45) is 0. The molecule has 0 saturated carbocycles. The van der Waals surface area contributed by atoms with Crippen LogP contribution in [0.1, 0.15) is 10.5 Å². The van der Waals surface area contributed by atoms with Gasteiger partial charge >= 0.3 is 5.97 Å². The van der Waals surface area contributed by atoms with Gasteiger partial charge in [0.15, 0.2) is 11.7 Å². The standard InChI is InChI=1S/C12H11N3O4S/c13-12-15-8(6-20-12)11(18)14-7-3-1-2-4-9(7)19-5-10(16)17/h1-4,6H,5H2,(H2,13,15)(H,14,18)(H,16,17). The first-order valence-electron chi connectivity index (χ1n) is 5.52. The average molecular weight is 293 g/mol. The summed E-state index contributed by atoms with van der Waals surface area (Å²) in [5.74, 6) is -1.27. The number of rotatable bonds is 5. The summed E-state index contributed by atoms with van der Waals surface area (Å²) >= 11 is 1.16. The molecule has 20 heavy (non-hydrogen) atoms. The highest BCUT2D eigenvalue weighted by atomic mass is 32.1. The lowest BCUT2D eigenvalue weighted by Crippen LogP contribution is -2.15. The van der Waals surface area contributed by atoms with E-state index in [1.165, 1.54) is 5.38 Å². The van der Waals surface area contributed by atoms with Crippen molar-refractivity contribution < 1.29 is 19.4 Å². The van der Waals surface area contributed by atoms with E-state index in [4.69, 9.17) is 15.6 Å². The Morgan fingerprint density at radius 2 is 2.15 bits per heavy atom. The van der Waals surface area contributed by atoms with E-state index >= 15 is 0 Å². The normalized spacial score (nSPS) is 10.0. The smallest absolute Gasteiger partial charge is 0.341 e. The number of nitrogens with zero attached hydrogens (tertiary/aromatic N) is 1. The van der Waals surface area contributed by atoms with Crippen molar-refractivity contribution in [1.29, 1.82) is 0 Å². The third-order valence-electron chi connectivity index (χ3n) is 2.24. The maximum Gasteiger partial charge on any atom is 0.341 e. The average Bonchev–Trinajstić information content (AvgIpc) is 2.84. The van der Waals surface area contributed by atoms with Crippen molar-refractivity contribution in [2.45, 2.75) is 0 Å². The van der Waals surface area contributed by atoms with Gasteiger partial charge in [-0.2, -0.15) is 0 Å². The van der Waals surface area contributed by atoms with E-state index < -0.39 is 18.5 Å². The summed E-state index contributed by atoms with van der Waals surface area (Å²) in [5.41, 5.74) is 6.02. The number of nitrogens with one attached hydrogen (secondary N) is 1. The quantitative estimate of drug-likeness (QED) is 0.768. The monoisotopic (exact) mass is 293 g/mol. The van der Waals surface area contributed by atoms with Gasteiger partial charge in [0.2, 0.25) is 0 Å². The first-order chi connectivity index (χ1) is 9.56. The molecule has 0 radical (unpaired) electrons. The van der Waals surface area contributed by atoms with Crippen LogP contribution in [0.25, 0.3) is 0 Å². The summed E-state index contributed by atoms with van der Waals surface area (Å²) in [6.45, 7) is -0.490. The number of ether oxygens (including phenoxy) is 1. The van der Waals surface area contributed by atoms with Gasteiger partial charge in [0.05, 0.1) is 5.69 Å². The Morgan fingerprint density at radius 3 is 2.80 bits per heavy atom. The first-order valence-corrected chi connectivity index (χ1v) is 6.40. The van der Waals surface area contributed by atoms with Gasteiger partial charge in [-0.05, 0) is 12.1 Å². The van der Waals surface area contributed by atoms with Crippen LogP contribution < -0.4 is 15.8 Å². The molecule has 0 spiro atoms. The van der Waals surface area contributed by atoms with Gasteiger partial charge in [0.1, 0.15) is 11.4 Å². The van der Waals surface area contributed by atoms with E-state index in [1.807, 2.05) is 0 Å². The zero-order valence-corrected chi connectivity index (χ0v) is 11.0. The predicted molar refractivity (Wildman–Crippen MR) is 74.1 cm³/mol. The topological polar surface area (TPSA) is 115 Å². The summed E-state index contributed by atoms with van der Waals surface area (Å²) < 4.78 is 5.08. The minimum atomic E-state index is -1.10. The molecule has 0 fully saturated rings. The Hall–Kier alpha value is -2.61. The van der Waals surface area contributed by atoms with Gasteiger partial charge in [0, 0.05) is 5.38 Å². The number of nitrogen functional groups attached to an aromatic ring is 1. The molecule has 0 unspecified atom stereocenters. The molecule has 8 heteroatoms. The van der Waals surface area contributed by atoms with Crippen molar-refractivity contribution in [2.75, 3.05) is 17.7 Å². The van der Waals surface area contributed by atoms with Gasteiger partial charge in [-0.15, -0.1) is 11.3 Å². The molecule has 0 aliphatic heterocycles. The van der Waals surface area contributed by atoms with Crippen molar-refractivity contribution in [3.05, 3.63) is 35.3 Å². The van der Waals surface area contributed by atoms with Gasteiger partial charge in [-0.3, -0.25) is 4.79 Å². The van der Waals surface area contributed by atoms with Crippen molar-refractivity contribution in [2.24, 2.45) is 0 Å². The molecule has 2 aromatic rings. The Labute approximate surface area is 118 Å². The SMILES string of the molecule is Nc1nc(C(=O)Nc2ccccc2OCC(=O)O)cs1. The number of aromatic nitrogens is 1. The summed E-state index contributed by atoms with van der Waals surface area (Å²) in [5, 5.41) is 13.0. The molecule has 7 nitrogen and oxygen atoms in total. The van der Waals surface area contributed by atoms with Crippen molar-refractivity contribution >= 4 is 34.0 Å². The molecular formula is C12H11N3O4S. The maximum atomic E-state index is 11.9. The van der Waals surface area contributed by atoms with Crippen LogP contribution in [-0.2, 0) is 4.79 Å². The first kappa shape index (κ1) is 13.8. The number of amides is 1. The fourth-order valence-corrected chi connectivity index (χ4v) is 1.96.